The highest BCUT2D eigenvalue weighted by Crippen LogP contribution is 2.19. The van der Waals surface area contributed by atoms with Crippen molar-refractivity contribution in [3.63, 3.8) is 0 Å². The number of hydrogen-bond acceptors (Lipinski definition) is 3. The second kappa shape index (κ2) is 10.6. The van der Waals surface area contributed by atoms with E-state index < -0.39 is 0 Å². The van der Waals surface area contributed by atoms with Crippen molar-refractivity contribution in [3.8, 4) is 5.75 Å². The SMILES string of the molecule is CCC(C)c1ccc(C=CCCC(C)OC(=O)c2ccc(OC)cc2)cc1. The molecule has 0 N–H and O–H groups in total. The van der Waals surface area contributed by atoms with Gasteiger partial charge in [0.05, 0.1) is 18.8 Å². The molecule has 0 aliphatic heterocycles. The average molecular weight is 367 g/mol. The summed E-state index contributed by atoms with van der Waals surface area (Å²) in [5, 5.41) is 0. The maximum absolute atomic E-state index is 12.1. The fraction of sp³-hybridized carbons (Fsp3) is 0.375. The maximum Gasteiger partial charge on any atom is 0.338 e. The lowest BCUT2D eigenvalue weighted by Crippen LogP contribution is -2.14. The number of rotatable bonds is 9. The molecule has 0 heterocycles. The molecule has 0 aromatic heterocycles. The van der Waals surface area contributed by atoms with Crippen molar-refractivity contribution >= 4 is 12.0 Å². The Morgan fingerprint density at radius 2 is 1.70 bits per heavy atom. The van der Waals surface area contributed by atoms with Crippen LogP contribution in [0.15, 0.2) is 54.6 Å². The molecule has 3 nitrogen and oxygen atoms in total. The first-order valence-corrected chi connectivity index (χ1v) is 9.65. The molecular weight excluding hydrogens is 336 g/mol. The van der Waals surface area contributed by atoms with E-state index in [2.05, 4.69) is 50.3 Å². The number of carbonyl (C=O) groups excluding carboxylic acids is 1. The van der Waals surface area contributed by atoms with Gasteiger partial charge >= 0.3 is 5.97 Å². The molecule has 0 saturated carbocycles. The molecule has 144 valence electrons. The van der Waals surface area contributed by atoms with Crippen LogP contribution in [0.5, 0.6) is 5.75 Å². The molecule has 2 atom stereocenters. The van der Waals surface area contributed by atoms with Crippen LogP contribution in [0.2, 0.25) is 0 Å². The standard InChI is InChI=1S/C24H30O3/c1-5-18(2)21-12-10-20(11-13-21)9-7-6-8-19(3)27-24(25)22-14-16-23(26-4)17-15-22/h7,9-19H,5-6,8H2,1-4H3. The van der Waals surface area contributed by atoms with Gasteiger partial charge in [0.2, 0.25) is 0 Å². The van der Waals surface area contributed by atoms with Crippen molar-refractivity contribution < 1.29 is 14.3 Å². The molecule has 27 heavy (non-hydrogen) atoms. The minimum absolute atomic E-state index is 0.128. The van der Waals surface area contributed by atoms with Gasteiger partial charge in [0.15, 0.2) is 0 Å². The molecule has 2 rings (SSSR count). The summed E-state index contributed by atoms with van der Waals surface area (Å²) in [5.41, 5.74) is 3.12. The van der Waals surface area contributed by atoms with Crippen LogP contribution in [0.25, 0.3) is 6.08 Å². The first-order valence-electron chi connectivity index (χ1n) is 9.65. The van der Waals surface area contributed by atoms with Gasteiger partial charge in [-0.15, -0.1) is 0 Å². The number of ether oxygens (including phenoxy) is 2. The summed E-state index contributed by atoms with van der Waals surface area (Å²) >= 11 is 0. The number of allylic oxidation sites excluding steroid dienone is 1. The zero-order chi connectivity index (χ0) is 19.6. The summed E-state index contributed by atoms with van der Waals surface area (Å²) in [6, 6.07) is 15.7. The predicted octanol–water partition coefficient (Wildman–Crippen LogP) is 6.25. The van der Waals surface area contributed by atoms with Gasteiger partial charge in [-0.3, -0.25) is 0 Å². The minimum atomic E-state index is -0.297. The van der Waals surface area contributed by atoms with E-state index in [1.54, 1.807) is 31.4 Å². The molecular formula is C24H30O3. The molecule has 0 fully saturated rings. The smallest absolute Gasteiger partial charge is 0.338 e. The lowest BCUT2D eigenvalue weighted by molar-refractivity contribution is 0.0327. The molecule has 2 aromatic carbocycles. The van der Waals surface area contributed by atoms with Crippen molar-refractivity contribution in [3.05, 3.63) is 71.3 Å². The molecule has 3 heteroatoms. The maximum atomic E-state index is 12.1. The molecule has 0 amide bonds. The number of esters is 1. The van der Waals surface area contributed by atoms with Crippen molar-refractivity contribution in [1.82, 2.24) is 0 Å². The van der Waals surface area contributed by atoms with Crippen molar-refractivity contribution in [2.75, 3.05) is 7.11 Å². The second-order valence-electron chi connectivity index (χ2n) is 6.90. The molecule has 2 unspecified atom stereocenters. The molecule has 0 radical (unpaired) electrons. The Morgan fingerprint density at radius 1 is 1.04 bits per heavy atom. The monoisotopic (exact) mass is 366 g/mol. The number of methoxy groups -OCH3 is 1. The summed E-state index contributed by atoms with van der Waals surface area (Å²) in [6.45, 7) is 6.39. The molecule has 0 aliphatic carbocycles. The van der Waals surface area contributed by atoms with Crippen LogP contribution >= 0.6 is 0 Å². The van der Waals surface area contributed by atoms with E-state index in [9.17, 15) is 4.79 Å². The molecule has 0 saturated heterocycles. The van der Waals surface area contributed by atoms with Crippen LogP contribution in [-0.2, 0) is 4.74 Å². The predicted molar refractivity (Wildman–Crippen MR) is 111 cm³/mol. The Kier molecular flexibility index (Phi) is 8.12. The van der Waals surface area contributed by atoms with Crippen LogP contribution in [-0.4, -0.2) is 19.2 Å². The third-order valence-corrected chi connectivity index (χ3v) is 4.80. The second-order valence-corrected chi connectivity index (χ2v) is 6.90. The van der Waals surface area contributed by atoms with E-state index in [1.807, 2.05) is 6.92 Å². The third kappa shape index (κ3) is 6.59. The first-order chi connectivity index (χ1) is 13.0. The Labute approximate surface area is 163 Å². The topological polar surface area (TPSA) is 35.5 Å². The fourth-order valence-electron chi connectivity index (χ4n) is 2.76. The van der Waals surface area contributed by atoms with Crippen LogP contribution in [0.1, 0.15) is 67.4 Å². The van der Waals surface area contributed by atoms with Gasteiger partial charge in [0, 0.05) is 0 Å². The lowest BCUT2D eigenvalue weighted by atomic mass is 9.97. The molecule has 0 aliphatic rings. The highest BCUT2D eigenvalue weighted by molar-refractivity contribution is 5.89. The molecule has 0 bridgehead atoms. The molecule has 0 spiro atoms. The van der Waals surface area contributed by atoms with Crippen LogP contribution in [0.3, 0.4) is 0 Å². The van der Waals surface area contributed by atoms with Crippen molar-refractivity contribution in [2.45, 2.75) is 52.1 Å². The third-order valence-electron chi connectivity index (χ3n) is 4.80. The Hall–Kier alpha value is -2.55. The molecule has 2 aromatic rings. The highest BCUT2D eigenvalue weighted by Gasteiger charge is 2.11. The minimum Gasteiger partial charge on any atom is -0.497 e. The summed E-state index contributed by atoms with van der Waals surface area (Å²) < 4.78 is 10.6. The van der Waals surface area contributed by atoms with E-state index in [0.717, 1.165) is 25.0 Å². The van der Waals surface area contributed by atoms with Gasteiger partial charge in [-0.2, -0.15) is 0 Å². The van der Waals surface area contributed by atoms with Crippen LogP contribution in [0, 0.1) is 0 Å². The first kappa shape index (κ1) is 20.8. The van der Waals surface area contributed by atoms with Gasteiger partial charge in [-0.25, -0.2) is 4.79 Å². The summed E-state index contributed by atoms with van der Waals surface area (Å²) in [6.07, 6.45) is 6.95. The van der Waals surface area contributed by atoms with Gasteiger partial charge < -0.3 is 9.47 Å². The van der Waals surface area contributed by atoms with E-state index in [0.29, 0.717) is 11.5 Å². The highest BCUT2D eigenvalue weighted by atomic mass is 16.5. The van der Waals surface area contributed by atoms with Gasteiger partial charge in [-0.05, 0) is 67.5 Å². The van der Waals surface area contributed by atoms with Crippen molar-refractivity contribution in [2.24, 2.45) is 0 Å². The zero-order valence-corrected chi connectivity index (χ0v) is 16.8. The van der Waals surface area contributed by atoms with Gasteiger partial charge in [-0.1, -0.05) is 50.3 Å². The quantitative estimate of drug-likeness (QED) is 0.492. The van der Waals surface area contributed by atoms with E-state index in [1.165, 1.54) is 11.1 Å². The number of benzene rings is 2. The van der Waals surface area contributed by atoms with Gasteiger partial charge in [0.1, 0.15) is 5.75 Å². The Bertz CT molecular complexity index is 729. The Balaban J connectivity index is 1.76. The van der Waals surface area contributed by atoms with Crippen LogP contribution < -0.4 is 4.74 Å². The largest absolute Gasteiger partial charge is 0.497 e. The average Bonchev–Trinajstić information content (AvgIpc) is 2.71. The fourth-order valence-corrected chi connectivity index (χ4v) is 2.76. The van der Waals surface area contributed by atoms with Crippen molar-refractivity contribution in [1.29, 1.82) is 0 Å². The van der Waals surface area contributed by atoms with Gasteiger partial charge in [0.25, 0.3) is 0 Å². The summed E-state index contributed by atoms with van der Waals surface area (Å²) in [5.74, 6) is 1.03. The Morgan fingerprint density at radius 3 is 2.30 bits per heavy atom. The van der Waals surface area contributed by atoms with Crippen LogP contribution in [0.4, 0.5) is 0 Å². The number of hydrogen-bond donors (Lipinski definition) is 0. The number of carbonyl (C=O) groups is 1. The summed E-state index contributed by atoms with van der Waals surface area (Å²) in [4.78, 5) is 12.1. The van der Waals surface area contributed by atoms with E-state index in [-0.39, 0.29) is 12.1 Å². The van der Waals surface area contributed by atoms with E-state index in [4.69, 9.17) is 9.47 Å². The lowest BCUT2D eigenvalue weighted by Gasteiger charge is -2.12. The summed E-state index contributed by atoms with van der Waals surface area (Å²) in [7, 11) is 1.60. The zero-order valence-electron chi connectivity index (χ0n) is 16.8. The normalized spacial score (nSPS) is 13.3. The van der Waals surface area contributed by atoms with E-state index >= 15 is 0 Å².